The molecular weight excluding hydrogens is 461 g/mol. The Kier molecular flexibility index (Phi) is 8.32. The second-order valence-electron chi connectivity index (χ2n) is 9.53. The molecule has 3 atom stereocenters. The number of amides is 3. The molecule has 3 amide bonds. The molecule has 0 radical (unpaired) electrons. The van der Waals surface area contributed by atoms with Gasteiger partial charge in [-0.2, -0.15) is 0 Å². The second-order valence-corrected chi connectivity index (χ2v) is 9.53. The van der Waals surface area contributed by atoms with Crippen LogP contribution in [0.2, 0.25) is 0 Å². The molecule has 190 valence electrons. The van der Waals surface area contributed by atoms with Gasteiger partial charge in [0.15, 0.2) is 0 Å². The molecule has 1 saturated heterocycles. The lowest BCUT2D eigenvalue weighted by molar-refractivity contribution is -0.136. The third-order valence-electron chi connectivity index (χ3n) is 6.96. The zero-order chi connectivity index (χ0) is 25.5. The molecule has 10 nitrogen and oxygen atoms in total. The summed E-state index contributed by atoms with van der Waals surface area (Å²) < 4.78 is 0. The molecule has 2 aromatic rings. The first kappa shape index (κ1) is 25.8. The minimum Gasteiger partial charge on any atom is -0.426 e. The predicted octanol–water partition coefficient (Wildman–Crippen LogP) is 0.497. The summed E-state index contributed by atoms with van der Waals surface area (Å²) in [5.74, 6) is -3.06. The number of piperidine rings is 1. The summed E-state index contributed by atoms with van der Waals surface area (Å²) in [7, 11) is -1.78. The lowest BCUT2D eigenvalue weighted by Gasteiger charge is -2.29. The van der Waals surface area contributed by atoms with Gasteiger partial charge in [-0.05, 0) is 50.5 Å². The molecule has 1 saturated carbocycles. The van der Waals surface area contributed by atoms with Gasteiger partial charge in [0.2, 0.25) is 11.8 Å². The van der Waals surface area contributed by atoms with Gasteiger partial charge in [-0.25, -0.2) is 4.98 Å². The van der Waals surface area contributed by atoms with E-state index in [1.165, 1.54) is 18.6 Å². The molecule has 2 heterocycles. The van der Waals surface area contributed by atoms with E-state index >= 15 is 0 Å². The van der Waals surface area contributed by atoms with Gasteiger partial charge in [0.05, 0.1) is 18.1 Å². The van der Waals surface area contributed by atoms with Gasteiger partial charge in [0, 0.05) is 25.5 Å². The highest BCUT2D eigenvalue weighted by Crippen LogP contribution is 2.45. The molecule has 1 aliphatic heterocycles. The van der Waals surface area contributed by atoms with Crippen molar-refractivity contribution >= 4 is 24.8 Å². The van der Waals surface area contributed by atoms with Crippen LogP contribution >= 0.6 is 0 Å². The molecule has 1 aromatic heterocycles. The molecule has 11 heteroatoms. The number of nitrogens with zero attached hydrogens (tertiary/aromatic N) is 3. The Morgan fingerprint density at radius 3 is 2.53 bits per heavy atom. The van der Waals surface area contributed by atoms with Crippen LogP contribution in [-0.2, 0) is 16.0 Å². The first-order valence-electron chi connectivity index (χ1n) is 12.5. The fourth-order valence-corrected chi connectivity index (χ4v) is 4.79. The Morgan fingerprint density at radius 1 is 1.11 bits per heavy atom. The summed E-state index contributed by atoms with van der Waals surface area (Å²) in [5.41, 5.74) is -0.338. The van der Waals surface area contributed by atoms with Gasteiger partial charge in [-0.15, -0.1) is 0 Å². The third-order valence-corrected chi connectivity index (χ3v) is 6.96. The average molecular weight is 493 g/mol. The Labute approximate surface area is 210 Å². The number of rotatable bonds is 10. The highest BCUT2D eigenvalue weighted by atomic mass is 16.4. The first-order valence-corrected chi connectivity index (χ1v) is 12.5. The molecule has 2 fully saturated rings. The normalized spacial score (nSPS) is 21.8. The summed E-state index contributed by atoms with van der Waals surface area (Å²) in [6.45, 7) is 1.26. The molecule has 2 aliphatic rings. The van der Waals surface area contributed by atoms with Crippen LogP contribution in [0.3, 0.4) is 0 Å². The molecule has 4 N–H and O–H groups in total. The lowest BCUT2D eigenvalue weighted by Crippen LogP contribution is -2.57. The lowest BCUT2D eigenvalue weighted by atomic mass is 9.76. The number of carbonyl (C=O) groups is 3. The maximum Gasteiger partial charge on any atom is 0.475 e. The van der Waals surface area contributed by atoms with Crippen molar-refractivity contribution in [3.8, 4) is 0 Å². The first-order chi connectivity index (χ1) is 17.4. The minimum atomic E-state index is -1.78. The van der Waals surface area contributed by atoms with Crippen molar-refractivity contribution in [2.75, 3.05) is 13.1 Å². The van der Waals surface area contributed by atoms with E-state index in [4.69, 9.17) is 0 Å². The third kappa shape index (κ3) is 6.08. The summed E-state index contributed by atoms with van der Waals surface area (Å²) in [4.78, 5) is 49.2. The topological polar surface area (TPSA) is 145 Å². The van der Waals surface area contributed by atoms with Gasteiger partial charge in [0.25, 0.3) is 5.91 Å². The van der Waals surface area contributed by atoms with Crippen molar-refractivity contribution in [2.45, 2.75) is 56.4 Å². The summed E-state index contributed by atoms with van der Waals surface area (Å²) in [5, 5.41) is 25.3. The van der Waals surface area contributed by atoms with E-state index in [0.29, 0.717) is 32.4 Å². The smallest absolute Gasteiger partial charge is 0.426 e. The molecule has 4 rings (SSSR count). The number of aryl methyl sites for hydroxylation is 1. The molecule has 0 spiro atoms. The summed E-state index contributed by atoms with van der Waals surface area (Å²) in [6.07, 6.45) is 8.74. The maximum atomic E-state index is 13.5. The number of aromatic nitrogens is 2. The van der Waals surface area contributed by atoms with E-state index in [1.807, 2.05) is 30.3 Å². The van der Waals surface area contributed by atoms with Crippen LogP contribution in [0, 0.1) is 5.92 Å². The van der Waals surface area contributed by atoms with Crippen LogP contribution < -0.4 is 10.6 Å². The molecule has 36 heavy (non-hydrogen) atoms. The molecule has 1 aliphatic carbocycles. The van der Waals surface area contributed by atoms with Crippen LogP contribution in [0.1, 0.15) is 54.6 Å². The standard InChI is InChI=1S/C25H32BN5O5/c32-22(20-17-27-12-13-28-20)30-25(16-19(25)23(33)31-14-5-2-6-15-31)24(34)29-21(26(35)36)11-7-10-18-8-3-1-4-9-18/h1,3-4,8-9,12-13,17,19,21,35-36H,2,5-7,10-11,14-16H2,(H,29,34)(H,30,32)/t19?,21-,25?/m0/s1. The van der Waals surface area contributed by atoms with Gasteiger partial charge in [0.1, 0.15) is 11.2 Å². The Balaban J connectivity index is 1.46. The summed E-state index contributed by atoms with van der Waals surface area (Å²) in [6, 6.07) is 9.77. The van der Waals surface area contributed by atoms with Gasteiger partial charge in [-0.3, -0.25) is 19.4 Å². The largest absolute Gasteiger partial charge is 0.475 e. The van der Waals surface area contributed by atoms with E-state index in [1.54, 1.807) is 4.90 Å². The van der Waals surface area contributed by atoms with Crippen LogP contribution in [0.15, 0.2) is 48.9 Å². The average Bonchev–Trinajstić information content (AvgIpc) is 3.64. The Morgan fingerprint density at radius 2 is 1.86 bits per heavy atom. The fourth-order valence-electron chi connectivity index (χ4n) is 4.79. The van der Waals surface area contributed by atoms with Crippen molar-refractivity contribution in [3.05, 3.63) is 60.2 Å². The number of nitrogens with one attached hydrogen (secondary N) is 2. The molecule has 0 bridgehead atoms. The van der Waals surface area contributed by atoms with Crippen molar-refractivity contribution in [1.82, 2.24) is 25.5 Å². The minimum absolute atomic E-state index is 0.0300. The van der Waals surface area contributed by atoms with Crippen molar-refractivity contribution < 1.29 is 24.4 Å². The van der Waals surface area contributed by atoms with Gasteiger partial charge >= 0.3 is 7.12 Å². The number of carbonyl (C=O) groups excluding carboxylic acids is 3. The van der Waals surface area contributed by atoms with E-state index in [2.05, 4.69) is 20.6 Å². The van der Waals surface area contributed by atoms with E-state index in [-0.39, 0.29) is 18.0 Å². The fraction of sp³-hybridized carbons (Fsp3) is 0.480. The van der Waals surface area contributed by atoms with Crippen molar-refractivity contribution in [2.24, 2.45) is 5.92 Å². The molecule has 2 unspecified atom stereocenters. The second kappa shape index (κ2) is 11.6. The van der Waals surface area contributed by atoms with E-state index < -0.39 is 36.3 Å². The quantitative estimate of drug-likeness (QED) is 0.353. The van der Waals surface area contributed by atoms with Crippen LogP contribution in [-0.4, -0.2) is 74.3 Å². The van der Waals surface area contributed by atoms with Crippen molar-refractivity contribution in [1.29, 1.82) is 0 Å². The SMILES string of the molecule is O=C(NC1(C(=O)N[C@@H](CCCc2ccccc2)B(O)O)CC1C(=O)N1CCCCC1)c1cnccn1. The zero-order valence-corrected chi connectivity index (χ0v) is 20.2. The Bertz CT molecular complexity index is 1050. The highest BCUT2D eigenvalue weighted by Gasteiger charge is 2.66. The van der Waals surface area contributed by atoms with Gasteiger partial charge < -0.3 is 25.6 Å². The number of hydrogen-bond donors (Lipinski definition) is 4. The maximum absolute atomic E-state index is 13.5. The Hall–Kier alpha value is -3.31. The van der Waals surface area contributed by atoms with E-state index in [0.717, 1.165) is 24.8 Å². The summed E-state index contributed by atoms with van der Waals surface area (Å²) >= 11 is 0. The predicted molar refractivity (Wildman–Crippen MR) is 132 cm³/mol. The van der Waals surface area contributed by atoms with Crippen LogP contribution in [0.4, 0.5) is 0 Å². The number of hydrogen-bond acceptors (Lipinski definition) is 7. The van der Waals surface area contributed by atoms with Crippen LogP contribution in [0.5, 0.6) is 0 Å². The van der Waals surface area contributed by atoms with E-state index in [9.17, 15) is 24.4 Å². The zero-order valence-electron chi connectivity index (χ0n) is 20.2. The number of benzene rings is 1. The van der Waals surface area contributed by atoms with Gasteiger partial charge in [-0.1, -0.05) is 30.3 Å². The highest BCUT2D eigenvalue weighted by molar-refractivity contribution is 6.43. The number of likely N-dealkylation sites (tertiary alicyclic amines) is 1. The van der Waals surface area contributed by atoms with Crippen LogP contribution in [0.25, 0.3) is 0 Å². The molecule has 1 aromatic carbocycles. The molecular formula is C25H32BN5O5. The monoisotopic (exact) mass is 493 g/mol. The van der Waals surface area contributed by atoms with Crippen molar-refractivity contribution in [3.63, 3.8) is 0 Å².